The van der Waals surface area contributed by atoms with E-state index in [1.807, 2.05) is 47.8 Å². The van der Waals surface area contributed by atoms with Crippen molar-refractivity contribution in [3.05, 3.63) is 124 Å². The minimum atomic E-state index is -0.550. The Morgan fingerprint density at radius 1 is 0.811 bits per heavy atom. The maximum Gasteiger partial charge on any atom is 0.338 e. The van der Waals surface area contributed by atoms with Gasteiger partial charge in [0.15, 0.2) is 0 Å². The second-order valence-electron chi connectivity index (χ2n) is 12.8. The number of amides is 2. The molecule has 2 amide bonds. The highest BCUT2D eigenvalue weighted by Crippen LogP contribution is 2.43. The van der Waals surface area contributed by atoms with Gasteiger partial charge in [-0.15, -0.1) is 11.3 Å². The molecule has 10 nitrogen and oxygen atoms in total. The lowest BCUT2D eigenvalue weighted by molar-refractivity contribution is 0.0601. The Kier molecular flexibility index (Phi) is 12.5. The van der Waals surface area contributed by atoms with Gasteiger partial charge in [0.1, 0.15) is 18.1 Å². The standard InChI is InChI=1S/C42H44N4O6S/c1-50-42(49)33-14-11-28(26-52-32-8-6-7-30(22-32)40(47)45-18-5-3-2-4-17-43)21-34(33)35-24-38-37(39-29(15-19-51-38)16-20-53-39)23-36(35)41(48)46-31-12-9-27(25-44)10-13-31/h6-14,16,20-24H,2-5,15,17-19,25-26,43-44H2,1H3,(H,45,47)(H,46,48). The van der Waals surface area contributed by atoms with Crippen molar-refractivity contribution in [1.82, 2.24) is 5.32 Å². The molecule has 6 rings (SSSR count). The van der Waals surface area contributed by atoms with Crippen molar-refractivity contribution in [3.8, 4) is 33.1 Å². The predicted molar refractivity (Wildman–Crippen MR) is 209 cm³/mol. The highest BCUT2D eigenvalue weighted by atomic mass is 32.1. The molecule has 0 bridgehead atoms. The van der Waals surface area contributed by atoms with E-state index in [1.54, 1.807) is 47.7 Å². The van der Waals surface area contributed by atoms with Crippen LogP contribution in [0.25, 0.3) is 21.6 Å². The molecule has 11 heteroatoms. The van der Waals surface area contributed by atoms with Crippen molar-refractivity contribution >= 4 is 34.8 Å². The van der Waals surface area contributed by atoms with Gasteiger partial charge in [0, 0.05) is 46.8 Å². The van der Waals surface area contributed by atoms with E-state index in [-0.39, 0.29) is 24.0 Å². The van der Waals surface area contributed by atoms with E-state index >= 15 is 0 Å². The van der Waals surface area contributed by atoms with Crippen LogP contribution in [0.4, 0.5) is 5.69 Å². The number of anilines is 1. The number of esters is 1. The number of hydrogen-bond donors (Lipinski definition) is 4. The van der Waals surface area contributed by atoms with Gasteiger partial charge in [-0.1, -0.05) is 37.1 Å². The molecule has 1 aromatic heterocycles. The topological polar surface area (TPSA) is 155 Å². The van der Waals surface area contributed by atoms with Crippen LogP contribution in [0.5, 0.6) is 11.5 Å². The number of hydrogen-bond acceptors (Lipinski definition) is 9. The lowest BCUT2D eigenvalue weighted by Gasteiger charge is -2.18. The number of rotatable bonds is 15. The Hall–Kier alpha value is -5.49. The fourth-order valence-electron chi connectivity index (χ4n) is 6.26. The summed E-state index contributed by atoms with van der Waals surface area (Å²) in [7, 11) is 1.32. The fraction of sp³-hybridized carbons (Fsp3) is 0.262. The fourth-order valence-corrected chi connectivity index (χ4v) is 7.24. The lowest BCUT2D eigenvalue weighted by Crippen LogP contribution is -2.24. The van der Waals surface area contributed by atoms with Crippen LogP contribution in [0.15, 0.2) is 90.3 Å². The lowest BCUT2D eigenvalue weighted by atomic mass is 9.91. The van der Waals surface area contributed by atoms with Crippen LogP contribution in [-0.2, 0) is 24.3 Å². The zero-order valence-corrected chi connectivity index (χ0v) is 30.6. The third kappa shape index (κ3) is 9.12. The molecule has 0 saturated heterocycles. The van der Waals surface area contributed by atoms with E-state index in [9.17, 15) is 14.4 Å². The van der Waals surface area contributed by atoms with E-state index in [4.69, 9.17) is 25.7 Å². The van der Waals surface area contributed by atoms with Gasteiger partial charge in [0.25, 0.3) is 11.8 Å². The molecule has 53 heavy (non-hydrogen) atoms. The van der Waals surface area contributed by atoms with Gasteiger partial charge in [0.05, 0.1) is 19.3 Å². The number of carbonyl (C=O) groups is 3. The number of methoxy groups -OCH3 is 1. The van der Waals surface area contributed by atoms with Crippen LogP contribution in [0.2, 0.25) is 0 Å². The quantitative estimate of drug-likeness (QED) is 0.0644. The van der Waals surface area contributed by atoms with Crippen molar-refractivity contribution in [2.75, 3.05) is 32.1 Å². The third-order valence-corrected chi connectivity index (χ3v) is 10.1. The first-order chi connectivity index (χ1) is 25.9. The van der Waals surface area contributed by atoms with E-state index in [2.05, 4.69) is 16.7 Å². The zero-order chi connectivity index (χ0) is 37.2. The second kappa shape index (κ2) is 17.8. The van der Waals surface area contributed by atoms with Gasteiger partial charge in [-0.05, 0) is 113 Å². The summed E-state index contributed by atoms with van der Waals surface area (Å²) in [5.41, 5.74) is 17.7. The Bertz CT molecular complexity index is 2080. The summed E-state index contributed by atoms with van der Waals surface area (Å²) in [5.74, 6) is 0.0675. The SMILES string of the molecule is COC(=O)c1ccc(COc2cccc(C(=O)NCCCCCCN)c2)cc1-c1cc2c(cc1C(=O)Nc1ccc(CN)cc1)-c1sccc1CCO2. The molecule has 0 radical (unpaired) electrons. The van der Waals surface area contributed by atoms with Gasteiger partial charge in [0.2, 0.25) is 0 Å². The monoisotopic (exact) mass is 732 g/mol. The van der Waals surface area contributed by atoms with Gasteiger partial charge in [-0.2, -0.15) is 0 Å². The third-order valence-electron chi connectivity index (χ3n) is 9.13. The molecule has 0 saturated carbocycles. The van der Waals surface area contributed by atoms with Crippen LogP contribution in [-0.4, -0.2) is 44.6 Å². The molecule has 1 aliphatic heterocycles. The number of benzene rings is 4. The Morgan fingerprint density at radius 2 is 1.60 bits per heavy atom. The van der Waals surface area contributed by atoms with Gasteiger partial charge in [-0.25, -0.2) is 4.79 Å². The maximum absolute atomic E-state index is 14.2. The van der Waals surface area contributed by atoms with Crippen LogP contribution >= 0.6 is 11.3 Å². The number of unbranched alkanes of at least 4 members (excludes halogenated alkanes) is 3. The number of fused-ring (bicyclic) bond motifs is 3. The minimum absolute atomic E-state index is 0.135. The zero-order valence-electron chi connectivity index (χ0n) is 29.7. The summed E-state index contributed by atoms with van der Waals surface area (Å²) in [5, 5.41) is 8.04. The summed E-state index contributed by atoms with van der Waals surface area (Å²) in [6.45, 7) is 2.26. The van der Waals surface area contributed by atoms with Crippen LogP contribution in [0, 0.1) is 0 Å². The molecule has 0 fully saturated rings. The van der Waals surface area contributed by atoms with Crippen molar-refractivity contribution in [2.45, 2.75) is 45.3 Å². The van der Waals surface area contributed by atoms with Crippen molar-refractivity contribution in [2.24, 2.45) is 11.5 Å². The summed E-state index contributed by atoms with van der Waals surface area (Å²) >= 11 is 1.60. The first-order valence-corrected chi connectivity index (χ1v) is 18.7. The summed E-state index contributed by atoms with van der Waals surface area (Å²) in [6.07, 6.45) is 4.67. The van der Waals surface area contributed by atoms with E-state index in [0.717, 1.165) is 59.2 Å². The summed E-state index contributed by atoms with van der Waals surface area (Å²) in [4.78, 5) is 41.3. The minimum Gasteiger partial charge on any atom is -0.493 e. The molecule has 1 aliphatic rings. The molecule has 0 aliphatic carbocycles. The highest BCUT2D eigenvalue weighted by Gasteiger charge is 2.26. The van der Waals surface area contributed by atoms with Crippen molar-refractivity contribution in [1.29, 1.82) is 0 Å². The van der Waals surface area contributed by atoms with Crippen LogP contribution < -0.4 is 31.6 Å². The van der Waals surface area contributed by atoms with E-state index in [1.165, 1.54) is 7.11 Å². The number of ether oxygens (including phenoxy) is 3. The number of carbonyl (C=O) groups excluding carboxylic acids is 3. The largest absolute Gasteiger partial charge is 0.493 e. The molecule has 5 aromatic rings. The van der Waals surface area contributed by atoms with E-state index < -0.39 is 5.97 Å². The Balaban J connectivity index is 1.31. The smallest absolute Gasteiger partial charge is 0.338 e. The Labute approximate surface area is 313 Å². The van der Waals surface area contributed by atoms with Crippen LogP contribution in [0.3, 0.4) is 0 Å². The number of thiophene rings is 1. The maximum atomic E-state index is 14.2. The Morgan fingerprint density at radius 3 is 2.40 bits per heavy atom. The van der Waals surface area contributed by atoms with Gasteiger partial charge in [-0.3, -0.25) is 9.59 Å². The molecule has 0 unspecified atom stereocenters. The molecular weight excluding hydrogens is 689 g/mol. The first-order valence-electron chi connectivity index (χ1n) is 17.8. The molecule has 2 heterocycles. The predicted octanol–water partition coefficient (Wildman–Crippen LogP) is 7.34. The molecular formula is C42H44N4O6S. The molecule has 6 N–H and O–H groups in total. The van der Waals surface area contributed by atoms with Gasteiger partial charge >= 0.3 is 5.97 Å². The normalized spacial score (nSPS) is 11.8. The first kappa shape index (κ1) is 37.3. The van der Waals surface area contributed by atoms with Crippen molar-refractivity contribution in [3.63, 3.8) is 0 Å². The second-order valence-corrected chi connectivity index (χ2v) is 13.7. The summed E-state index contributed by atoms with van der Waals surface area (Å²) < 4.78 is 17.6. The highest BCUT2D eigenvalue weighted by molar-refractivity contribution is 7.13. The van der Waals surface area contributed by atoms with Gasteiger partial charge < -0.3 is 36.3 Å². The van der Waals surface area contributed by atoms with Crippen LogP contribution in [0.1, 0.15) is 73.4 Å². The molecule has 274 valence electrons. The molecule has 4 aromatic carbocycles. The number of nitrogens with two attached hydrogens (primary N) is 2. The molecule has 0 atom stereocenters. The van der Waals surface area contributed by atoms with E-state index in [0.29, 0.717) is 65.7 Å². The summed E-state index contributed by atoms with van der Waals surface area (Å²) in [6, 6.07) is 25.4. The number of nitrogens with one attached hydrogen (secondary N) is 2. The average Bonchev–Trinajstić information content (AvgIpc) is 3.59. The molecule has 0 spiro atoms. The van der Waals surface area contributed by atoms with Crippen molar-refractivity contribution < 1.29 is 28.6 Å². The average molecular weight is 733 g/mol.